The van der Waals surface area contributed by atoms with Gasteiger partial charge in [-0.2, -0.15) is 5.26 Å². The summed E-state index contributed by atoms with van der Waals surface area (Å²) in [6.07, 6.45) is 1.56. The van der Waals surface area contributed by atoms with E-state index in [0.29, 0.717) is 0 Å². The number of hydrogen-bond donors (Lipinski definition) is 0. The molecular weight excluding hydrogens is 222 g/mol. The number of hydrogen-bond acceptors (Lipinski definition) is 2. The van der Waals surface area contributed by atoms with Gasteiger partial charge in [-0.3, -0.25) is 0 Å². The van der Waals surface area contributed by atoms with Crippen molar-refractivity contribution in [1.29, 1.82) is 5.26 Å². The van der Waals surface area contributed by atoms with E-state index in [-0.39, 0.29) is 0 Å². The Morgan fingerprint density at radius 2 is 1.78 bits per heavy atom. The van der Waals surface area contributed by atoms with Crippen LogP contribution in [-0.4, -0.2) is 7.11 Å². The monoisotopic (exact) mass is 235 g/mol. The summed E-state index contributed by atoms with van der Waals surface area (Å²) in [6, 6.07) is 19.7. The van der Waals surface area contributed by atoms with Crippen molar-refractivity contribution in [3.05, 3.63) is 71.8 Å². The minimum Gasteiger partial charge on any atom is -0.497 e. The van der Waals surface area contributed by atoms with Gasteiger partial charge in [0.2, 0.25) is 0 Å². The Morgan fingerprint density at radius 1 is 1.06 bits per heavy atom. The van der Waals surface area contributed by atoms with Gasteiger partial charge in [0, 0.05) is 6.08 Å². The lowest BCUT2D eigenvalue weighted by Gasteiger charge is -2.08. The number of allylic oxidation sites excluding steroid dienone is 1. The largest absolute Gasteiger partial charge is 0.497 e. The first kappa shape index (κ1) is 11.9. The van der Waals surface area contributed by atoms with Crippen LogP contribution in [0.2, 0.25) is 0 Å². The third-order valence-corrected chi connectivity index (χ3v) is 2.67. The Labute approximate surface area is 107 Å². The van der Waals surface area contributed by atoms with Crippen LogP contribution in [0.3, 0.4) is 0 Å². The molecule has 0 spiro atoms. The number of ether oxygens (including phenoxy) is 1. The quantitative estimate of drug-likeness (QED) is 0.761. The summed E-state index contributed by atoms with van der Waals surface area (Å²) in [5, 5.41) is 8.93. The SMILES string of the molecule is COc1cccc(/C(=C\C#N)c2ccccc2)c1. The van der Waals surface area contributed by atoms with Crippen LogP contribution in [0.15, 0.2) is 60.7 Å². The molecule has 88 valence electrons. The molecule has 2 heteroatoms. The molecule has 0 radical (unpaired) electrons. The molecule has 18 heavy (non-hydrogen) atoms. The number of benzene rings is 2. The lowest BCUT2D eigenvalue weighted by atomic mass is 9.98. The molecule has 2 aromatic rings. The summed E-state index contributed by atoms with van der Waals surface area (Å²) >= 11 is 0. The second kappa shape index (κ2) is 5.70. The van der Waals surface area contributed by atoms with Crippen molar-refractivity contribution in [1.82, 2.24) is 0 Å². The lowest BCUT2D eigenvalue weighted by molar-refractivity contribution is 0.414. The van der Waals surface area contributed by atoms with Crippen LogP contribution in [0.5, 0.6) is 5.75 Å². The molecule has 2 nitrogen and oxygen atoms in total. The average molecular weight is 235 g/mol. The average Bonchev–Trinajstić information content (AvgIpc) is 2.46. The second-order valence-corrected chi connectivity index (χ2v) is 3.79. The summed E-state index contributed by atoms with van der Waals surface area (Å²) in [5.41, 5.74) is 2.89. The van der Waals surface area contributed by atoms with E-state index in [9.17, 15) is 0 Å². The fourth-order valence-electron chi connectivity index (χ4n) is 1.81. The van der Waals surface area contributed by atoms with Crippen molar-refractivity contribution in [2.45, 2.75) is 0 Å². The normalized spacial score (nSPS) is 10.8. The standard InChI is InChI=1S/C16H13NO/c1-18-15-9-5-8-14(12-15)16(10-11-17)13-6-3-2-4-7-13/h2-10,12H,1H3/b16-10-. The highest BCUT2D eigenvalue weighted by Crippen LogP contribution is 2.25. The third-order valence-electron chi connectivity index (χ3n) is 2.67. The predicted molar refractivity (Wildman–Crippen MR) is 72.1 cm³/mol. The van der Waals surface area contributed by atoms with Crippen LogP contribution in [0.25, 0.3) is 5.57 Å². The lowest BCUT2D eigenvalue weighted by Crippen LogP contribution is -1.89. The molecule has 0 saturated carbocycles. The molecule has 0 aliphatic carbocycles. The Kier molecular flexibility index (Phi) is 3.78. The molecule has 0 heterocycles. The van der Waals surface area contributed by atoms with Crippen LogP contribution >= 0.6 is 0 Å². The van der Waals surface area contributed by atoms with Gasteiger partial charge in [0.25, 0.3) is 0 Å². The second-order valence-electron chi connectivity index (χ2n) is 3.79. The fourth-order valence-corrected chi connectivity index (χ4v) is 1.81. The smallest absolute Gasteiger partial charge is 0.119 e. The molecule has 0 fully saturated rings. The maximum absolute atomic E-state index is 8.93. The van der Waals surface area contributed by atoms with E-state index in [2.05, 4.69) is 6.07 Å². The summed E-state index contributed by atoms with van der Waals surface area (Å²) in [5.74, 6) is 0.785. The van der Waals surface area contributed by atoms with Crippen LogP contribution in [0.1, 0.15) is 11.1 Å². The molecule has 0 aliphatic rings. The molecule has 0 amide bonds. The minimum atomic E-state index is 0.785. The Hall–Kier alpha value is -2.53. The fraction of sp³-hybridized carbons (Fsp3) is 0.0625. The van der Waals surface area contributed by atoms with Crippen molar-refractivity contribution in [2.75, 3.05) is 7.11 Å². The number of nitrogens with zero attached hydrogens (tertiary/aromatic N) is 1. The molecule has 0 saturated heterocycles. The van der Waals surface area contributed by atoms with Crippen LogP contribution < -0.4 is 4.74 Å². The van der Waals surface area contributed by atoms with Crippen molar-refractivity contribution in [2.24, 2.45) is 0 Å². The molecule has 0 atom stereocenters. The van der Waals surface area contributed by atoms with E-state index < -0.39 is 0 Å². The van der Waals surface area contributed by atoms with Crippen molar-refractivity contribution in [3.8, 4) is 11.8 Å². The molecule has 0 aromatic heterocycles. The van der Waals surface area contributed by atoms with Gasteiger partial charge in [-0.05, 0) is 28.8 Å². The van der Waals surface area contributed by atoms with E-state index in [4.69, 9.17) is 10.00 Å². The van der Waals surface area contributed by atoms with Gasteiger partial charge in [0.05, 0.1) is 13.2 Å². The number of methoxy groups -OCH3 is 1. The molecule has 2 rings (SSSR count). The van der Waals surface area contributed by atoms with Gasteiger partial charge in [-0.25, -0.2) is 0 Å². The minimum absolute atomic E-state index is 0.785. The molecule has 2 aromatic carbocycles. The Morgan fingerprint density at radius 3 is 2.44 bits per heavy atom. The molecule has 0 N–H and O–H groups in total. The maximum Gasteiger partial charge on any atom is 0.119 e. The zero-order valence-electron chi connectivity index (χ0n) is 10.1. The first-order valence-corrected chi connectivity index (χ1v) is 5.65. The van der Waals surface area contributed by atoms with Crippen molar-refractivity contribution >= 4 is 5.57 Å². The van der Waals surface area contributed by atoms with Crippen LogP contribution in [0.4, 0.5) is 0 Å². The van der Waals surface area contributed by atoms with Gasteiger partial charge >= 0.3 is 0 Å². The molecule has 0 bridgehead atoms. The highest BCUT2D eigenvalue weighted by molar-refractivity contribution is 5.81. The summed E-state index contributed by atoms with van der Waals surface area (Å²) in [7, 11) is 1.63. The van der Waals surface area contributed by atoms with Gasteiger partial charge in [0.15, 0.2) is 0 Å². The summed E-state index contributed by atoms with van der Waals surface area (Å²) in [4.78, 5) is 0. The number of rotatable bonds is 3. The van der Waals surface area contributed by atoms with Gasteiger partial charge in [-0.15, -0.1) is 0 Å². The molecule has 0 aliphatic heterocycles. The van der Waals surface area contributed by atoms with E-state index in [0.717, 1.165) is 22.4 Å². The van der Waals surface area contributed by atoms with E-state index in [1.54, 1.807) is 13.2 Å². The molecule has 0 unspecified atom stereocenters. The maximum atomic E-state index is 8.93. The van der Waals surface area contributed by atoms with Crippen LogP contribution in [-0.2, 0) is 0 Å². The van der Waals surface area contributed by atoms with E-state index >= 15 is 0 Å². The molecular formula is C16H13NO. The highest BCUT2D eigenvalue weighted by atomic mass is 16.5. The topological polar surface area (TPSA) is 33.0 Å². The predicted octanol–water partition coefficient (Wildman–Crippen LogP) is 3.65. The Balaban J connectivity index is 2.50. The van der Waals surface area contributed by atoms with Crippen molar-refractivity contribution < 1.29 is 4.74 Å². The van der Waals surface area contributed by atoms with Crippen LogP contribution in [0, 0.1) is 11.3 Å². The zero-order chi connectivity index (χ0) is 12.8. The number of nitriles is 1. The third kappa shape index (κ3) is 2.58. The first-order valence-electron chi connectivity index (χ1n) is 5.65. The summed E-state index contributed by atoms with van der Waals surface area (Å²) < 4.78 is 5.21. The highest BCUT2D eigenvalue weighted by Gasteiger charge is 2.05. The Bertz CT molecular complexity index is 594. The van der Waals surface area contributed by atoms with Gasteiger partial charge < -0.3 is 4.74 Å². The first-order chi connectivity index (χ1) is 8.85. The van der Waals surface area contributed by atoms with Crippen molar-refractivity contribution in [3.63, 3.8) is 0 Å². The van der Waals surface area contributed by atoms with Gasteiger partial charge in [0.1, 0.15) is 5.75 Å². The summed E-state index contributed by atoms with van der Waals surface area (Å²) in [6.45, 7) is 0. The zero-order valence-corrected chi connectivity index (χ0v) is 10.1. The van der Waals surface area contributed by atoms with E-state index in [1.807, 2.05) is 54.6 Å². The van der Waals surface area contributed by atoms with E-state index in [1.165, 1.54) is 0 Å². The van der Waals surface area contributed by atoms with Gasteiger partial charge in [-0.1, -0.05) is 42.5 Å².